The molecule has 0 amide bonds. The van der Waals surface area contributed by atoms with Gasteiger partial charge in [-0.1, -0.05) is 30.3 Å². The SMILES string of the molecule is CN(C)c1ncc(Nc2ccc(/C=C/C(=O)c3cccc(O)c3)cc2)cn1. The van der Waals surface area contributed by atoms with Crippen LogP contribution in [0.15, 0.2) is 67.0 Å². The molecule has 0 unspecified atom stereocenters. The molecule has 1 heterocycles. The van der Waals surface area contributed by atoms with Crippen LogP contribution in [0.3, 0.4) is 0 Å². The molecule has 0 aliphatic carbocycles. The van der Waals surface area contributed by atoms with E-state index in [0.29, 0.717) is 11.5 Å². The van der Waals surface area contributed by atoms with Crippen molar-refractivity contribution in [2.24, 2.45) is 0 Å². The molecular formula is C21H20N4O2. The molecule has 0 saturated heterocycles. The maximum atomic E-state index is 12.1. The Kier molecular flexibility index (Phi) is 5.47. The van der Waals surface area contributed by atoms with E-state index in [1.165, 1.54) is 18.2 Å². The van der Waals surface area contributed by atoms with Gasteiger partial charge in [-0.3, -0.25) is 4.79 Å². The molecule has 0 aliphatic heterocycles. The minimum absolute atomic E-state index is 0.0762. The zero-order valence-electron chi connectivity index (χ0n) is 15.1. The van der Waals surface area contributed by atoms with Gasteiger partial charge in [-0.15, -0.1) is 0 Å². The summed E-state index contributed by atoms with van der Waals surface area (Å²) in [4.78, 5) is 22.5. The summed E-state index contributed by atoms with van der Waals surface area (Å²) in [5, 5.41) is 12.7. The Hall–Kier alpha value is -3.67. The molecule has 0 atom stereocenters. The van der Waals surface area contributed by atoms with E-state index in [-0.39, 0.29) is 11.5 Å². The fourth-order valence-corrected chi connectivity index (χ4v) is 2.39. The Balaban J connectivity index is 1.63. The van der Waals surface area contributed by atoms with Crippen molar-refractivity contribution >= 4 is 29.2 Å². The molecule has 1 aromatic heterocycles. The van der Waals surface area contributed by atoms with Crippen LogP contribution in [0.5, 0.6) is 5.75 Å². The standard InChI is InChI=1S/C21H20N4O2/c1-25(2)21-22-13-18(14-23-21)24-17-9-6-15(7-10-17)8-11-20(27)16-4-3-5-19(26)12-16/h3-14,24,26H,1-2H3/b11-8+. The number of nitrogens with one attached hydrogen (secondary N) is 1. The Morgan fingerprint density at radius 1 is 1.04 bits per heavy atom. The van der Waals surface area contributed by atoms with E-state index in [0.717, 1.165) is 16.9 Å². The highest BCUT2D eigenvalue weighted by Crippen LogP contribution is 2.18. The number of hydrogen-bond acceptors (Lipinski definition) is 6. The van der Waals surface area contributed by atoms with Crippen LogP contribution in [-0.2, 0) is 0 Å². The van der Waals surface area contributed by atoms with E-state index in [9.17, 15) is 9.90 Å². The van der Waals surface area contributed by atoms with Gasteiger partial charge in [-0.2, -0.15) is 0 Å². The first-order chi connectivity index (χ1) is 13.0. The van der Waals surface area contributed by atoms with Crippen molar-refractivity contribution in [3.8, 4) is 5.75 Å². The molecule has 0 fully saturated rings. The third-order valence-electron chi connectivity index (χ3n) is 3.80. The summed E-state index contributed by atoms with van der Waals surface area (Å²) in [6.45, 7) is 0. The minimum atomic E-state index is -0.161. The molecule has 0 spiro atoms. The normalized spacial score (nSPS) is 10.7. The van der Waals surface area contributed by atoms with E-state index >= 15 is 0 Å². The predicted molar refractivity (Wildman–Crippen MR) is 108 cm³/mol. The van der Waals surface area contributed by atoms with Gasteiger partial charge in [0, 0.05) is 25.3 Å². The largest absolute Gasteiger partial charge is 0.508 e. The lowest BCUT2D eigenvalue weighted by Gasteiger charge is -2.11. The van der Waals surface area contributed by atoms with E-state index in [1.807, 2.05) is 43.3 Å². The lowest BCUT2D eigenvalue weighted by molar-refractivity contribution is 0.104. The first-order valence-electron chi connectivity index (χ1n) is 8.39. The highest BCUT2D eigenvalue weighted by molar-refractivity contribution is 6.07. The van der Waals surface area contributed by atoms with Crippen LogP contribution in [-0.4, -0.2) is 35.0 Å². The van der Waals surface area contributed by atoms with Gasteiger partial charge in [-0.05, 0) is 35.9 Å². The van der Waals surface area contributed by atoms with Crippen molar-refractivity contribution in [1.82, 2.24) is 9.97 Å². The summed E-state index contributed by atoms with van der Waals surface area (Å²) in [6, 6.07) is 13.9. The van der Waals surface area contributed by atoms with Crippen LogP contribution in [0, 0.1) is 0 Å². The maximum Gasteiger partial charge on any atom is 0.224 e. The number of carbonyl (C=O) groups excluding carboxylic acids is 1. The quantitative estimate of drug-likeness (QED) is 0.513. The molecule has 0 aliphatic rings. The summed E-state index contributed by atoms with van der Waals surface area (Å²) in [7, 11) is 3.78. The first kappa shape index (κ1) is 18.1. The minimum Gasteiger partial charge on any atom is -0.508 e. The van der Waals surface area contributed by atoms with Crippen molar-refractivity contribution in [1.29, 1.82) is 0 Å². The van der Waals surface area contributed by atoms with Crippen molar-refractivity contribution < 1.29 is 9.90 Å². The molecule has 0 radical (unpaired) electrons. The number of hydrogen-bond donors (Lipinski definition) is 2. The Morgan fingerprint density at radius 2 is 1.74 bits per heavy atom. The van der Waals surface area contributed by atoms with Gasteiger partial charge in [0.25, 0.3) is 0 Å². The summed E-state index contributed by atoms with van der Waals surface area (Å²) < 4.78 is 0. The molecule has 27 heavy (non-hydrogen) atoms. The zero-order chi connectivity index (χ0) is 19.2. The first-order valence-corrected chi connectivity index (χ1v) is 8.39. The van der Waals surface area contributed by atoms with Crippen LogP contribution >= 0.6 is 0 Å². The van der Waals surface area contributed by atoms with Gasteiger partial charge in [0.2, 0.25) is 5.95 Å². The van der Waals surface area contributed by atoms with Crippen LogP contribution in [0.2, 0.25) is 0 Å². The number of anilines is 3. The molecule has 0 bridgehead atoms. The van der Waals surface area contributed by atoms with Crippen molar-refractivity contribution in [2.45, 2.75) is 0 Å². The molecule has 3 aromatic rings. The summed E-state index contributed by atoms with van der Waals surface area (Å²) in [5.74, 6) is 0.566. The molecule has 136 valence electrons. The van der Waals surface area contributed by atoms with Crippen molar-refractivity contribution in [2.75, 3.05) is 24.3 Å². The van der Waals surface area contributed by atoms with Gasteiger partial charge in [-0.25, -0.2) is 9.97 Å². The number of benzene rings is 2. The maximum absolute atomic E-state index is 12.1. The summed E-state index contributed by atoms with van der Waals surface area (Å²) >= 11 is 0. The third kappa shape index (κ3) is 4.92. The van der Waals surface area contributed by atoms with Crippen LogP contribution in [0.1, 0.15) is 15.9 Å². The Morgan fingerprint density at radius 3 is 2.37 bits per heavy atom. The Labute approximate surface area is 157 Å². The van der Waals surface area contributed by atoms with Crippen molar-refractivity contribution in [3.63, 3.8) is 0 Å². The number of nitrogens with zero attached hydrogens (tertiary/aromatic N) is 3. The number of allylic oxidation sites excluding steroid dienone is 1. The molecular weight excluding hydrogens is 340 g/mol. The number of rotatable bonds is 6. The molecule has 6 heteroatoms. The van der Waals surface area contributed by atoms with Crippen LogP contribution < -0.4 is 10.2 Å². The predicted octanol–water partition coefficient (Wildman–Crippen LogP) is 3.89. The van der Waals surface area contributed by atoms with Gasteiger partial charge in [0.15, 0.2) is 5.78 Å². The molecule has 0 saturated carbocycles. The van der Waals surface area contributed by atoms with Crippen LogP contribution in [0.25, 0.3) is 6.08 Å². The average Bonchev–Trinajstić information content (AvgIpc) is 2.67. The number of aromatic hydroxyl groups is 1. The number of phenols is 1. The van der Waals surface area contributed by atoms with E-state index in [2.05, 4.69) is 15.3 Å². The second-order valence-corrected chi connectivity index (χ2v) is 6.16. The molecule has 3 rings (SSSR count). The van der Waals surface area contributed by atoms with Gasteiger partial charge in [0.05, 0.1) is 18.1 Å². The average molecular weight is 360 g/mol. The highest BCUT2D eigenvalue weighted by Gasteiger charge is 2.03. The number of phenolic OH excluding ortho intramolecular Hbond substituents is 1. The summed E-state index contributed by atoms with van der Waals surface area (Å²) in [5.41, 5.74) is 3.04. The van der Waals surface area contributed by atoms with Crippen LogP contribution in [0.4, 0.5) is 17.3 Å². The highest BCUT2D eigenvalue weighted by atomic mass is 16.3. The topological polar surface area (TPSA) is 78.4 Å². The lowest BCUT2D eigenvalue weighted by atomic mass is 10.1. The van der Waals surface area contributed by atoms with E-state index < -0.39 is 0 Å². The Bertz CT molecular complexity index is 949. The van der Waals surface area contributed by atoms with Gasteiger partial charge in [0.1, 0.15) is 5.75 Å². The zero-order valence-corrected chi connectivity index (χ0v) is 15.1. The van der Waals surface area contributed by atoms with Crippen molar-refractivity contribution in [3.05, 3.63) is 78.1 Å². The fraction of sp³-hybridized carbons (Fsp3) is 0.0952. The van der Waals surface area contributed by atoms with E-state index in [4.69, 9.17) is 0 Å². The summed E-state index contributed by atoms with van der Waals surface area (Å²) in [6.07, 6.45) is 6.68. The lowest BCUT2D eigenvalue weighted by Crippen LogP contribution is -2.12. The monoisotopic (exact) mass is 360 g/mol. The van der Waals surface area contributed by atoms with Gasteiger partial charge < -0.3 is 15.3 Å². The number of aromatic nitrogens is 2. The molecule has 2 aromatic carbocycles. The smallest absolute Gasteiger partial charge is 0.224 e. The number of carbonyl (C=O) groups is 1. The second-order valence-electron chi connectivity index (χ2n) is 6.16. The fourth-order valence-electron chi connectivity index (χ4n) is 2.39. The van der Waals surface area contributed by atoms with E-state index in [1.54, 1.807) is 30.6 Å². The molecule has 2 N–H and O–H groups in total. The second kappa shape index (κ2) is 8.14. The van der Waals surface area contributed by atoms with Gasteiger partial charge >= 0.3 is 0 Å². The number of ketones is 1. The third-order valence-corrected chi connectivity index (χ3v) is 3.80. The molecule has 6 nitrogen and oxygen atoms in total.